The zero-order chi connectivity index (χ0) is 16.2. The van der Waals surface area contributed by atoms with Crippen molar-refractivity contribution in [2.75, 3.05) is 31.1 Å². The van der Waals surface area contributed by atoms with Crippen LogP contribution in [0.2, 0.25) is 5.02 Å². The van der Waals surface area contributed by atoms with Crippen LogP contribution in [0, 0.1) is 10.1 Å². The molecule has 0 aliphatic carbocycles. The first-order valence-electron chi connectivity index (χ1n) is 7.58. The van der Waals surface area contributed by atoms with Gasteiger partial charge in [0.15, 0.2) is 0 Å². The van der Waals surface area contributed by atoms with Gasteiger partial charge >= 0.3 is 0 Å². The molecule has 2 aromatic carbocycles. The molecule has 1 heterocycles. The van der Waals surface area contributed by atoms with Gasteiger partial charge in [-0.3, -0.25) is 15.0 Å². The third kappa shape index (κ3) is 3.81. The monoisotopic (exact) mass is 331 g/mol. The number of para-hydroxylation sites is 1. The van der Waals surface area contributed by atoms with Crippen molar-refractivity contribution in [1.29, 1.82) is 0 Å². The molecular weight excluding hydrogens is 314 g/mol. The van der Waals surface area contributed by atoms with Crippen molar-refractivity contribution in [3.05, 3.63) is 69.2 Å². The lowest BCUT2D eigenvalue weighted by molar-refractivity contribution is -0.385. The van der Waals surface area contributed by atoms with E-state index in [0.717, 1.165) is 36.8 Å². The van der Waals surface area contributed by atoms with Crippen LogP contribution in [0.5, 0.6) is 0 Å². The Hall–Kier alpha value is -2.11. The molecule has 0 spiro atoms. The Kier molecular flexibility index (Phi) is 4.79. The molecule has 5 nitrogen and oxygen atoms in total. The third-order valence-electron chi connectivity index (χ3n) is 4.15. The van der Waals surface area contributed by atoms with Crippen LogP contribution in [0.25, 0.3) is 0 Å². The molecule has 0 bridgehead atoms. The standard InChI is InChI=1S/C17H18ClN3O2/c18-15-5-7-16(8-6-15)20-11-9-19(10-12-20)13-14-3-1-2-4-17(14)21(22)23/h1-8H,9-13H2. The van der Waals surface area contributed by atoms with Crippen LogP contribution >= 0.6 is 11.6 Å². The molecule has 1 aliphatic rings. The first-order chi connectivity index (χ1) is 11.1. The number of piperazine rings is 1. The van der Waals surface area contributed by atoms with Crippen molar-refractivity contribution >= 4 is 23.0 Å². The fourth-order valence-electron chi connectivity index (χ4n) is 2.88. The molecule has 120 valence electrons. The number of halogens is 1. The Labute approximate surface area is 140 Å². The lowest BCUT2D eigenvalue weighted by atomic mass is 10.1. The normalized spacial score (nSPS) is 15.6. The largest absolute Gasteiger partial charge is 0.369 e. The maximum atomic E-state index is 11.1. The van der Waals surface area contributed by atoms with Crippen molar-refractivity contribution in [2.24, 2.45) is 0 Å². The van der Waals surface area contributed by atoms with Crippen LogP contribution in [0.3, 0.4) is 0 Å². The van der Waals surface area contributed by atoms with E-state index in [-0.39, 0.29) is 10.6 Å². The number of hydrogen-bond donors (Lipinski definition) is 0. The quantitative estimate of drug-likeness (QED) is 0.635. The summed E-state index contributed by atoms with van der Waals surface area (Å²) in [4.78, 5) is 15.4. The molecule has 1 aliphatic heterocycles. The summed E-state index contributed by atoms with van der Waals surface area (Å²) in [6.07, 6.45) is 0. The van der Waals surface area contributed by atoms with E-state index < -0.39 is 0 Å². The summed E-state index contributed by atoms with van der Waals surface area (Å²) in [5, 5.41) is 11.8. The average Bonchev–Trinajstić information content (AvgIpc) is 2.57. The lowest BCUT2D eigenvalue weighted by Crippen LogP contribution is -2.46. The highest BCUT2D eigenvalue weighted by Gasteiger charge is 2.20. The number of hydrogen-bond acceptors (Lipinski definition) is 4. The van der Waals surface area contributed by atoms with Crippen LogP contribution in [-0.2, 0) is 6.54 Å². The van der Waals surface area contributed by atoms with Gasteiger partial charge in [0.1, 0.15) is 0 Å². The van der Waals surface area contributed by atoms with Gasteiger partial charge in [-0.2, -0.15) is 0 Å². The van der Waals surface area contributed by atoms with Crippen LogP contribution < -0.4 is 4.90 Å². The van der Waals surface area contributed by atoms with Crippen molar-refractivity contribution in [1.82, 2.24) is 4.90 Å². The number of anilines is 1. The molecule has 0 amide bonds. The first-order valence-corrected chi connectivity index (χ1v) is 7.96. The third-order valence-corrected chi connectivity index (χ3v) is 4.40. The van der Waals surface area contributed by atoms with Crippen molar-refractivity contribution in [3.63, 3.8) is 0 Å². The highest BCUT2D eigenvalue weighted by Crippen LogP contribution is 2.22. The Bertz CT molecular complexity index is 682. The zero-order valence-electron chi connectivity index (χ0n) is 12.7. The number of nitro groups is 1. The number of nitro benzene ring substituents is 1. The van der Waals surface area contributed by atoms with Gasteiger partial charge in [0.2, 0.25) is 0 Å². The van der Waals surface area contributed by atoms with Crippen LogP contribution in [0.4, 0.5) is 11.4 Å². The minimum atomic E-state index is -0.306. The second-order valence-corrected chi connectivity index (χ2v) is 6.06. The smallest absolute Gasteiger partial charge is 0.273 e. The molecular formula is C17H18ClN3O2. The molecule has 1 fully saturated rings. The minimum Gasteiger partial charge on any atom is -0.369 e. The summed E-state index contributed by atoms with van der Waals surface area (Å²) in [6, 6.07) is 14.8. The lowest BCUT2D eigenvalue weighted by Gasteiger charge is -2.36. The molecule has 2 aromatic rings. The topological polar surface area (TPSA) is 49.6 Å². The summed E-state index contributed by atoms with van der Waals surface area (Å²) in [6.45, 7) is 4.19. The second kappa shape index (κ2) is 6.98. The van der Waals surface area contributed by atoms with E-state index in [0.29, 0.717) is 6.54 Å². The Morgan fingerprint density at radius 1 is 1.00 bits per heavy atom. The highest BCUT2D eigenvalue weighted by atomic mass is 35.5. The first kappa shape index (κ1) is 15.8. The minimum absolute atomic E-state index is 0.202. The summed E-state index contributed by atoms with van der Waals surface area (Å²) < 4.78 is 0. The van der Waals surface area contributed by atoms with Gasteiger partial charge in [-0.05, 0) is 24.3 Å². The highest BCUT2D eigenvalue weighted by molar-refractivity contribution is 6.30. The Morgan fingerprint density at radius 3 is 2.30 bits per heavy atom. The molecule has 6 heteroatoms. The molecule has 0 unspecified atom stereocenters. The van der Waals surface area contributed by atoms with Crippen LogP contribution in [0.15, 0.2) is 48.5 Å². The number of benzene rings is 2. The van der Waals surface area contributed by atoms with Gasteiger partial charge < -0.3 is 4.90 Å². The molecule has 0 N–H and O–H groups in total. The van der Waals surface area contributed by atoms with Crippen LogP contribution in [-0.4, -0.2) is 36.0 Å². The molecule has 0 saturated carbocycles. The summed E-state index contributed by atoms with van der Waals surface area (Å²) in [5.74, 6) is 0. The zero-order valence-corrected chi connectivity index (χ0v) is 13.4. The fraction of sp³-hybridized carbons (Fsp3) is 0.294. The molecule has 0 aromatic heterocycles. The molecule has 0 atom stereocenters. The van der Waals surface area contributed by atoms with Gasteiger partial charge in [-0.25, -0.2) is 0 Å². The van der Waals surface area contributed by atoms with Crippen LogP contribution in [0.1, 0.15) is 5.56 Å². The maximum absolute atomic E-state index is 11.1. The SMILES string of the molecule is O=[N+]([O-])c1ccccc1CN1CCN(c2ccc(Cl)cc2)CC1. The Balaban J connectivity index is 1.61. The van der Waals surface area contributed by atoms with Gasteiger partial charge in [-0.15, -0.1) is 0 Å². The molecule has 1 saturated heterocycles. The summed E-state index contributed by atoms with van der Waals surface area (Å²) in [5.41, 5.74) is 2.14. The van der Waals surface area contributed by atoms with Crippen molar-refractivity contribution < 1.29 is 4.92 Å². The second-order valence-electron chi connectivity index (χ2n) is 5.63. The Morgan fingerprint density at radius 2 is 1.65 bits per heavy atom. The van der Waals surface area contributed by atoms with E-state index in [1.54, 1.807) is 12.1 Å². The van der Waals surface area contributed by atoms with E-state index in [1.165, 1.54) is 5.69 Å². The van der Waals surface area contributed by atoms with E-state index in [4.69, 9.17) is 11.6 Å². The average molecular weight is 332 g/mol. The predicted molar refractivity (Wildman–Crippen MR) is 92.0 cm³/mol. The van der Waals surface area contributed by atoms with Crippen molar-refractivity contribution in [3.8, 4) is 0 Å². The summed E-state index contributed by atoms with van der Waals surface area (Å²) in [7, 11) is 0. The number of nitrogens with zero attached hydrogens (tertiary/aromatic N) is 3. The van der Waals surface area contributed by atoms with Crippen molar-refractivity contribution in [2.45, 2.75) is 6.54 Å². The fourth-order valence-corrected chi connectivity index (χ4v) is 3.01. The predicted octanol–water partition coefficient (Wildman–Crippen LogP) is 3.57. The maximum Gasteiger partial charge on any atom is 0.273 e. The number of rotatable bonds is 4. The van der Waals surface area contributed by atoms with E-state index in [1.807, 2.05) is 36.4 Å². The van der Waals surface area contributed by atoms with E-state index >= 15 is 0 Å². The van der Waals surface area contributed by atoms with Gasteiger partial charge in [0, 0.05) is 55.1 Å². The van der Waals surface area contributed by atoms with Gasteiger partial charge in [0.25, 0.3) is 5.69 Å². The van der Waals surface area contributed by atoms with Gasteiger partial charge in [0.05, 0.1) is 4.92 Å². The molecule has 23 heavy (non-hydrogen) atoms. The molecule has 0 radical (unpaired) electrons. The van der Waals surface area contributed by atoms with E-state index in [2.05, 4.69) is 9.80 Å². The summed E-state index contributed by atoms with van der Waals surface area (Å²) >= 11 is 5.92. The van der Waals surface area contributed by atoms with E-state index in [9.17, 15) is 10.1 Å². The molecule has 3 rings (SSSR count). The van der Waals surface area contributed by atoms with Gasteiger partial charge in [-0.1, -0.05) is 29.8 Å².